The van der Waals surface area contributed by atoms with Crippen LogP contribution in [0, 0.1) is 17.2 Å². The summed E-state index contributed by atoms with van der Waals surface area (Å²) in [7, 11) is 2.15. The summed E-state index contributed by atoms with van der Waals surface area (Å²) in [5, 5.41) is 12.6. The maximum absolute atomic E-state index is 13.1. The molecule has 192 valence electrons. The third kappa shape index (κ3) is 5.42. The van der Waals surface area contributed by atoms with Gasteiger partial charge in [0.15, 0.2) is 0 Å². The van der Waals surface area contributed by atoms with Crippen molar-refractivity contribution in [3.8, 4) is 0 Å². The van der Waals surface area contributed by atoms with Crippen LogP contribution in [-0.4, -0.2) is 103 Å². The van der Waals surface area contributed by atoms with Gasteiger partial charge in [0.2, 0.25) is 11.8 Å². The number of nitrogens with one attached hydrogen (secondary N) is 2. The van der Waals surface area contributed by atoms with Gasteiger partial charge in [0.25, 0.3) is 0 Å². The number of likely N-dealkylation sites (tertiary alicyclic amines) is 1. The largest absolute Gasteiger partial charge is 0.381 e. The molecule has 3 fully saturated rings. The molecule has 0 radical (unpaired) electrons. The Bertz CT molecular complexity index is 878. The van der Waals surface area contributed by atoms with Gasteiger partial charge in [0.05, 0.1) is 5.92 Å². The average Bonchev–Trinajstić information content (AvgIpc) is 3.01. The quantitative estimate of drug-likeness (QED) is 0.356. The minimum absolute atomic E-state index is 0.0315. The normalized spacial score (nSPS) is 26.8. The van der Waals surface area contributed by atoms with Crippen LogP contribution in [0.5, 0.6) is 0 Å². The lowest BCUT2D eigenvalue weighted by Gasteiger charge is -2.44. The summed E-state index contributed by atoms with van der Waals surface area (Å²) in [6, 6.07) is 0.394. The van der Waals surface area contributed by atoms with Crippen molar-refractivity contribution in [1.29, 1.82) is 5.41 Å². The summed E-state index contributed by atoms with van der Waals surface area (Å²) < 4.78 is 0. The summed E-state index contributed by atoms with van der Waals surface area (Å²) in [6.07, 6.45) is 12.9. The second-order valence-corrected chi connectivity index (χ2v) is 11.1. The summed E-state index contributed by atoms with van der Waals surface area (Å²) in [6.45, 7) is 5.85. The zero-order valence-corrected chi connectivity index (χ0v) is 21.3. The first-order valence-corrected chi connectivity index (χ1v) is 13.7. The number of amides is 2. The molecule has 2 aliphatic carbocycles. The fourth-order valence-corrected chi connectivity index (χ4v) is 6.06. The molecule has 5 rings (SSSR count). The molecule has 5 aliphatic rings. The van der Waals surface area contributed by atoms with Crippen LogP contribution in [-0.2, 0) is 9.59 Å². The summed E-state index contributed by atoms with van der Waals surface area (Å²) in [4.78, 5) is 34.3. The number of carbonyl (C=O) groups is 2. The molecule has 3 heterocycles. The summed E-state index contributed by atoms with van der Waals surface area (Å²) in [5.41, 5.74) is 2.33. The molecule has 2 saturated heterocycles. The van der Waals surface area contributed by atoms with E-state index in [0.717, 1.165) is 50.8 Å². The molecule has 3 aliphatic heterocycles. The Labute approximate surface area is 209 Å². The monoisotopic (exact) mass is 482 g/mol. The van der Waals surface area contributed by atoms with Gasteiger partial charge in [-0.1, -0.05) is 31.4 Å². The highest BCUT2D eigenvalue weighted by Crippen LogP contribution is 2.28. The second-order valence-electron chi connectivity index (χ2n) is 11.1. The summed E-state index contributed by atoms with van der Waals surface area (Å²) >= 11 is 0. The predicted molar refractivity (Wildman–Crippen MR) is 137 cm³/mol. The van der Waals surface area contributed by atoms with Crippen molar-refractivity contribution in [3.05, 3.63) is 23.4 Å². The Kier molecular flexibility index (Phi) is 7.46. The molecule has 0 aromatic heterocycles. The van der Waals surface area contributed by atoms with Crippen LogP contribution in [0.15, 0.2) is 23.4 Å². The zero-order valence-electron chi connectivity index (χ0n) is 21.3. The highest BCUT2D eigenvalue weighted by Gasteiger charge is 2.39. The Hall–Kier alpha value is -2.35. The van der Waals surface area contributed by atoms with E-state index in [1.54, 1.807) is 0 Å². The van der Waals surface area contributed by atoms with Crippen LogP contribution in [0.1, 0.15) is 51.4 Å². The minimum Gasteiger partial charge on any atom is -0.381 e. The summed E-state index contributed by atoms with van der Waals surface area (Å²) in [5.74, 6) is 1.28. The zero-order chi connectivity index (χ0) is 24.4. The van der Waals surface area contributed by atoms with E-state index in [9.17, 15) is 9.59 Å². The average molecular weight is 483 g/mol. The topological polar surface area (TPSA) is 83.0 Å². The van der Waals surface area contributed by atoms with Crippen molar-refractivity contribution >= 4 is 17.6 Å². The Balaban J connectivity index is 1.11. The predicted octanol–water partition coefficient (Wildman–Crippen LogP) is 2.04. The molecule has 0 spiro atoms. The third-order valence-corrected chi connectivity index (χ3v) is 8.66. The molecule has 0 aromatic rings. The number of hydrogen-bond donors (Lipinski definition) is 2. The maximum atomic E-state index is 13.1. The molecule has 2 amide bonds. The molecule has 0 bridgehead atoms. The van der Waals surface area contributed by atoms with Gasteiger partial charge in [-0.05, 0) is 32.7 Å². The van der Waals surface area contributed by atoms with E-state index < -0.39 is 0 Å². The lowest BCUT2D eigenvalue weighted by atomic mass is 9.88. The number of amidine groups is 1. The number of hydrogen-bond acceptors (Lipinski definition) is 5. The highest BCUT2D eigenvalue weighted by atomic mass is 16.2. The van der Waals surface area contributed by atoms with Gasteiger partial charge in [0.1, 0.15) is 5.84 Å². The molecular weight excluding hydrogens is 440 g/mol. The standard InChI is InChI=1S/C27H42N6O2/c1-30-12-10-23(24(11-13-30)29-22-8-5-9-22)25(28)33-18-21(19-33)27(35)32-16-14-31(15-17-32)26(34)20-6-3-2-4-7-20/h5,8,20-22,28-29H,2-4,6-7,9-19H2,1H3/t22-/m0/s1. The molecule has 1 saturated carbocycles. The minimum atomic E-state index is -0.0315. The lowest BCUT2D eigenvalue weighted by Crippen LogP contribution is -2.60. The molecule has 1 atom stereocenters. The van der Waals surface area contributed by atoms with Gasteiger partial charge in [-0.2, -0.15) is 0 Å². The van der Waals surface area contributed by atoms with Gasteiger partial charge >= 0.3 is 0 Å². The van der Waals surface area contributed by atoms with E-state index in [4.69, 9.17) is 5.41 Å². The van der Waals surface area contributed by atoms with Crippen molar-refractivity contribution < 1.29 is 9.59 Å². The van der Waals surface area contributed by atoms with E-state index >= 15 is 0 Å². The molecule has 0 aromatic carbocycles. The maximum Gasteiger partial charge on any atom is 0.229 e. The van der Waals surface area contributed by atoms with Crippen LogP contribution < -0.4 is 5.32 Å². The second kappa shape index (κ2) is 10.7. The van der Waals surface area contributed by atoms with Crippen molar-refractivity contribution in [3.63, 3.8) is 0 Å². The Morgan fingerprint density at radius 3 is 2.06 bits per heavy atom. The first-order valence-electron chi connectivity index (χ1n) is 13.7. The Morgan fingerprint density at radius 2 is 1.46 bits per heavy atom. The molecule has 2 N–H and O–H groups in total. The number of piperazine rings is 1. The van der Waals surface area contributed by atoms with E-state index in [0.29, 0.717) is 57.1 Å². The van der Waals surface area contributed by atoms with Gasteiger partial charge in [-0.3, -0.25) is 15.0 Å². The van der Waals surface area contributed by atoms with Gasteiger partial charge < -0.3 is 24.9 Å². The van der Waals surface area contributed by atoms with Crippen molar-refractivity contribution in [2.24, 2.45) is 11.8 Å². The van der Waals surface area contributed by atoms with E-state index in [-0.39, 0.29) is 17.7 Å². The molecule has 8 heteroatoms. The van der Waals surface area contributed by atoms with Gasteiger partial charge in [-0.15, -0.1) is 0 Å². The molecular formula is C27H42N6O2. The Morgan fingerprint density at radius 1 is 0.857 bits per heavy atom. The van der Waals surface area contributed by atoms with E-state index in [2.05, 4.69) is 34.3 Å². The third-order valence-electron chi connectivity index (χ3n) is 8.66. The SMILES string of the molecule is CN1CCC(N[C@H]2C=CC2)=C(C(=N)N2CC(C(=O)N3CCN(C(=O)C4CCCCC4)CC3)C2)CC1. The smallest absolute Gasteiger partial charge is 0.229 e. The van der Waals surface area contributed by atoms with Crippen LogP contribution in [0.4, 0.5) is 0 Å². The number of rotatable bonds is 5. The number of carbonyl (C=O) groups excluding carboxylic acids is 2. The first kappa shape index (κ1) is 24.3. The molecule has 8 nitrogen and oxygen atoms in total. The van der Waals surface area contributed by atoms with Crippen LogP contribution in [0.25, 0.3) is 0 Å². The fourth-order valence-electron chi connectivity index (χ4n) is 6.06. The van der Waals surface area contributed by atoms with Crippen molar-refractivity contribution in [1.82, 2.24) is 24.9 Å². The van der Waals surface area contributed by atoms with E-state index in [1.165, 1.54) is 25.0 Å². The molecule has 35 heavy (non-hydrogen) atoms. The number of nitrogens with zero attached hydrogens (tertiary/aromatic N) is 4. The fraction of sp³-hybridized carbons (Fsp3) is 0.741. The lowest BCUT2D eigenvalue weighted by molar-refractivity contribution is -0.146. The highest BCUT2D eigenvalue weighted by molar-refractivity contribution is 5.98. The van der Waals surface area contributed by atoms with Crippen LogP contribution >= 0.6 is 0 Å². The van der Waals surface area contributed by atoms with E-state index in [1.807, 2.05) is 9.80 Å². The first-order chi connectivity index (χ1) is 17.0. The van der Waals surface area contributed by atoms with Crippen molar-refractivity contribution in [2.75, 3.05) is 59.4 Å². The van der Waals surface area contributed by atoms with Crippen LogP contribution in [0.2, 0.25) is 0 Å². The van der Waals surface area contributed by atoms with Crippen LogP contribution in [0.3, 0.4) is 0 Å². The van der Waals surface area contributed by atoms with Gasteiger partial charge in [-0.25, -0.2) is 0 Å². The van der Waals surface area contributed by atoms with Gasteiger partial charge in [0, 0.05) is 82.0 Å². The molecule has 0 unspecified atom stereocenters. The van der Waals surface area contributed by atoms with Crippen molar-refractivity contribution in [2.45, 2.75) is 57.4 Å².